The second-order valence-electron chi connectivity index (χ2n) is 6.00. The van der Waals surface area contributed by atoms with E-state index in [4.69, 9.17) is 0 Å². The predicted octanol–water partition coefficient (Wildman–Crippen LogP) is 5.04. The third-order valence-electron chi connectivity index (χ3n) is 6.25. The van der Waals surface area contributed by atoms with Gasteiger partial charge in [0.1, 0.15) is 0 Å². The van der Waals surface area contributed by atoms with Crippen LogP contribution in [0.15, 0.2) is 33.4 Å². The molecule has 0 aromatic heterocycles. The van der Waals surface area contributed by atoms with Gasteiger partial charge in [0.25, 0.3) is 0 Å². The van der Waals surface area contributed by atoms with Crippen molar-refractivity contribution < 1.29 is 0 Å². The van der Waals surface area contributed by atoms with Crippen LogP contribution in [-0.2, 0) is 0 Å². The Hall–Kier alpha value is -0.780. The molecule has 0 nitrogen and oxygen atoms in total. The quantitative estimate of drug-likeness (QED) is 0.498. The molecule has 88 valence electrons. The normalized spacial score (nSPS) is 39.0. The molecule has 0 aromatic rings. The smallest absolute Gasteiger partial charge is 0.0223 e. The molecule has 0 heterocycles. The molecular weight excluding hydrogens is 192 g/mol. The van der Waals surface area contributed by atoms with Crippen molar-refractivity contribution in [3.05, 3.63) is 33.4 Å². The molecule has 0 heteroatoms. The van der Waals surface area contributed by atoms with Crippen LogP contribution in [0, 0.1) is 10.8 Å². The molecule has 16 heavy (non-hydrogen) atoms. The summed E-state index contributed by atoms with van der Waals surface area (Å²) < 4.78 is 0. The van der Waals surface area contributed by atoms with Gasteiger partial charge in [0.2, 0.25) is 0 Å². The summed E-state index contributed by atoms with van der Waals surface area (Å²) in [5.41, 5.74) is 9.85. The Balaban J connectivity index is 2.82. The average Bonchev–Trinajstić information content (AvgIpc) is 2.29. The van der Waals surface area contributed by atoms with Gasteiger partial charge in [-0.1, -0.05) is 36.1 Å². The van der Waals surface area contributed by atoms with Crippen LogP contribution >= 0.6 is 0 Å². The molecule has 0 atom stereocenters. The molecule has 2 aliphatic rings. The lowest BCUT2D eigenvalue weighted by molar-refractivity contribution is 0.174. The minimum Gasteiger partial charge on any atom is -0.0623 e. The van der Waals surface area contributed by atoms with Crippen LogP contribution in [0.4, 0.5) is 0 Å². The van der Waals surface area contributed by atoms with Crippen molar-refractivity contribution >= 4 is 0 Å². The highest BCUT2D eigenvalue weighted by atomic mass is 14.6. The van der Waals surface area contributed by atoms with E-state index >= 15 is 0 Å². The minimum atomic E-state index is 0.269. The topological polar surface area (TPSA) is 0 Å². The van der Waals surface area contributed by atoms with Gasteiger partial charge in [-0.2, -0.15) is 0 Å². The standard InChI is InChI=1S/C16H24/c1-9-10(2)12(4)16(8)14(6)13(5)15(16,7)11(9)3/h1-8H3. The summed E-state index contributed by atoms with van der Waals surface area (Å²) in [7, 11) is 0. The van der Waals surface area contributed by atoms with Crippen molar-refractivity contribution in [2.24, 2.45) is 10.8 Å². The van der Waals surface area contributed by atoms with Crippen molar-refractivity contribution in [3.63, 3.8) is 0 Å². The van der Waals surface area contributed by atoms with Crippen LogP contribution in [0.2, 0.25) is 0 Å². The first-order chi connectivity index (χ1) is 7.20. The Morgan fingerprint density at radius 2 is 0.750 bits per heavy atom. The van der Waals surface area contributed by atoms with Crippen LogP contribution in [0.1, 0.15) is 55.4 Å². The van der Waals surface area contributed by atoms with Crippen LogP contribution in [-0.4, -0.2) is 0 Å². The number of allylic oxidation sites excluding steroid dienone is 6. The van der Waals surface area contributed by atoms with Crippen LogP contribution in [0.25, 0.3) is 0 Å². The largest absolute Gasteiger partial charge is 0.0623 e. The Labute approximate surface area is 100 Å². The molecule has 0 radical (unpaired) electrons. The lowest BCUT2D eigenvalue weighted by Gasteiger charge is -2.62. The molecule has 0 amide bonds. The van der Waals surface area contributed by atoms with E-state index in [1.54, 1.807) is 22.3 Å². The SMILES string of the molecule is CC1=C(C)C2(C)C(C)=C(C)C2(C)C(C)=C1C. The molecule has 0 aromatic carbocycles. The van der Waals surface area contributed by atoms with E-state index in [2.05, 4.69) is 55.4 Å². The summed E-state index contributed by atoms with van der Waals surface area (Å²) in [6.07, 6.45) is 0. The molecule has 0 unspecified atom stereocenters. The minimum absolute atomic E-state index is 0.269. The maximum Gasteiger partial charge on any atom is 0.0223 e. The highest BCUT2D eigenvalue weighted by Crippen LogP contribution is 2.69. The predicted molar refractivity (Wildman–Crippen MR) is 71.3 cm³/mol. The molecule has 0 N–H and O–H groups in total. The molecule has 0 fully saturated rings. The van der Waals surface area contributed by atoms with Gasteiger partial charge in [0.05, 0.1) is 0 Å². The molecule has 0 spiro atoms. The maximum absolute atomic E-state index is 2.42. The van der Waals surface area contributed by atoms with Crippen molar-refractivity contribution in [1.82, 2.24) is 0 Å². The number of rotatable bonds is 0. The summed E-state index contributed by atoms with van der Waals surface area (Å²) in [4.78, 5) is 0. The Bertz CT molecular complexity index is 426. The molecular formula is C16H24. The molecule has 0 saturated heterocycles. The first-order valence-electron chi connectivity index (χ1n) is 6.25. The summed E-state index contributed by atoms with van der Waals surface area (Å²) in [5, 5.41) is 0. The molecule has 2 aliphatic carbocycles. The van der Waals surface area contributed by atoms with E-state index < -0.39 is 0 Å². The van der Waals surface area contributed by atoms with Gasteiger partial charge in [0, 0.05) is 10.8 Å². The Morgan fingerprint density at radius 1 is 0.500 bits per heavy atom. The van der Waals surface area contributed by atoms with Gasteiger partial charge < -0.3 is 0 Å². The van der Waals surface area contributed by atoms with Gasteiger partial charge >= 0.3 is 0 Å². The van der Waals surface area contributed by atoms with E-state index in [9.17, 15) is 0 Å². The molecule has 0 bridgehead atoms. The maximum atomic E-state index is 2.42. The molecule has 0 saturated carbocycles. The lowest BCUT2D eigenvalue weighted by Crippen LogP contribution is -2.52. The third-order valence-corrected chi connectivity index (χ3v) is 6.25. The Morgan fingerprint density at radius 3 is 1.00 bits per heavy atom. The van der Waals surface area contributed by atoms with E-state index in [1.165, 1.54) is 11.1 Å². The molecule has 2 rings (SSSR count). The zero-order valence-corrected chi connectivity index (χ0v) is 12.0. The number of hydrogen-bond acceptors (Lipinski definition) is 0. The molecule has 0 aliphatic heterocycles. The first-order valence-corrected chi connectivity index (χ1v) is 6.25. The van der Waals surface area contributed by atoms with Crippen LogP contribution in [0.3, 0.4) is 0 Å². The zero-order chi connectivity index (χ0) is 12.5. The monoisotopic (exact) mass is 216 g/mol. The van der Waals surface area contributed by atoms with E-state index in [0.29, 0.717) is 0 Å². The fourth-order valence-electron chi connectivity index (χ4n) is 4.06. The van der Waals surface area contributed by atoms with E-state index in [1.807, 2.05) is 0 Å². The number of hydrogen-bond donors (Lipinski definition) is 0. The summed E-state index contributed by atoms with van der Waals surface area (Å²) in [6.45, 7) is 18.6. The zero-order valence-electron chi connectivity index (χ0n) is 12.0. The van der Waals surface area contributed by atoms with Crippen molar-refractivity contribution in [3.8, 4) is 0 Å². The highest BCUT2D eigenvalue weighted by Gasteiger charge is 2.59. The Kier molecular flexibility index (Phi) is 2.13. The van der Waals surface area contributed by atoms with E-state index in [0.717, 1.165) is 0 Å². The van der Waals surface area contributed by atoms with Gasteiger partial charge in [-0.25, -0.2) is 0 Å². The summed E-state index contributed by atoms with van der Waals surface area (Å²) in [6, 6.07) is 0. The third kappa shape index (κ3) is 0.849. The van der Waals surface area contributed by atoms with Gasteiger partial charge in [-0.15, -0.1) is 0 Å². The second-order valence-corrected chi connectivity index (χ2v) is 6.00. The first kappa shape index (κ1) is 11.7. The summed E-state index contributed by atoms with van der Waals surface area (Å²) >= 11 is 0. The van der Waals surface area contributed by atoms with Gasteiger partial charge in [0.15, 0.2) is 0 Å². The van der Waals surface area contributed by atoms with Crippen molar-refractivity contribution in [2.75, 3.05) is 0 Å². The van der Waals surface area contributed by atoms with Gasteiger partial charge in [-0.05, 0) is 52.7 Å². The summed E-state index contributed by atoms with van der Waals surface area (Å²) in [5.74, 6) is 0. The van der Waals surface area contributed by atoms with Gasteiger partial charge in [-0.3, -0.25) is 0 Å². The fourth-order valence-corrected chi connectivity index (χ4v) is 4.06. The average molecular weight is 216 g/mol. The lowest BCUT2D eigenvalue weighted by atomic mass is 9.41. The van der Waals surface area contributed by atoms with Crippen LogP contribution in [0.5, 0.6) is 0 Å². The van der Waals surface area contributed by atoms with E-state index in [-0.39, 0.29) is 10.8 Å². The second kappa shape index (κ2) is 2.91. The number of fused-ring (bicyclic) bond motifs is 1. The van der Waals surface area contributed by atoms with Crippen LogP contribution < -0.4 is 0 Å². The van der Waals surface area contributed by atoms with Crippen molar-refractivity contribution in [1.29, 1.82) is 0 Å². The van der Waals surface area contributed by atoms with Crippen molar-refractivity contribution in [2.45, 2.75) is 55.4 Å². The highest BCUT2D eigenvalue weighted by molar-refractivity contribution is 5.61. The fraction of sp³-hybridized carbons (Fsp3) is 0.625.